The number of hydrogen-bond acceptors (Lipinski definition) is 4. The van der Waals surface area contributed by atoms with Gasteiger partial charge in [-0.15, -0.1) is 0 Å². The smallest absolute Gasteiger partial charge is 0.0509 e. The van der Waals surface area contributed by atoms with E-state index in [-0.39, 0.29) is 0 Å². The van der Waals surface area contributed by atoms with Crippen LogP contribution in [0.1, 0.15) is 47.0 Å². The van der Waals surface area contributed by atoms with Crippen molar-refractivity contribution >= 4 is 0 Å². The highest BCUT2D eigenvalue weighted by atomic mass is 15.4. The largest absolute Gasteiger partial charge is 0.292 e. The van der Waals surface area contributed by atoms with Crippen LogP contribution in [0.3, 0.4) is 0 Å². The second-order valence-electron chi connectivity index (χ2n) is 8.45. The topological polar surface area (TPSA) is 13.0 Å². The lowest BCUT2D eigenvalue weighted by Gasteiger charge is -2.39. The van der Waals surface area contributed by atoms with Crippen molar-refractivity contribution in [3.63, 3.8) is 0 Å². The highest BCUT2D eigenvalue weighted by Crippen LogP contribution is 2.29. The van der Waals surface area contributed by atoms with E-state index in [0.717, 1.165) is 13.3 Å². The molecule has 0 aromatic carbocycles. The fourth-order valence-corrected chi connectivity index (χ4v) is 3.71. The SMILES string of the molecule is CN1CCN(C(C)(C)CCCC(C)(C)N2CCN(C)C2)C1. The third kappa shape index (κ3) is 4.41. The van der Waals surface area contributed by atoms with Gasteiger partial charge >= 0.3 is 0 Å². The molecule has 0 amide bonds. The van der Waals surface area contributed by atoms with Crippen LogP contribution in [0.5, 0.6) is 0 Å². The summed E-state index contributed by atoms with van der Waals surface area (Å²) >= 11 is 0. The highest BCUT2D eigenvalue weighted by molar-refractivity contribution is 4.89. The molecular weight excluding hydrogens is 260 g/mol. The summed E-state index contributed by atoms with van der Waals surface area (Å²) in [6, 6.07) is 0. The van der Waals surface area contributed by atoms with Gasteiger partial charge in [-0.2, -0.15) is 0 Å². The van der Waals surface area contributed by atoms with Gasteiger partial charge in [0, 0.05) is 37.3 Å². The van der Waals surface area contributed by atoms with Crippen molar-refractivity contribution in [2.24, 2.45) is 0 Å². The maximum Gasteiger partial charge on any atom is 0.0509 e. The highest BCUT2D eigenvalue weighted by Gasteiger charge is 2.33. The quantitative estimate of drug-likeness (QED) is 0.744. The Bertz CT molecular complexity index is 308. The third-order valence-electron chi connectivity index (χ3n) is 5.62. The summed E-state index contributed by atoms with van der Waals surface area (Å²) in [5, 5.41) is 0. The summed E-state index contributed by atoms with van der Waals surface area (Å²) in [6.07, 6.45) is 3.92. The van der Waals surface area contributed by atoms with E-state index in [1.165, 1.54) is 45.4 Å². The van der Waals surface area contributed by atoms with Gasteiger partial charge in [0.05, 0.1) is 13.3 Å². The summed E-state index contributed by atoms with van der Waals surface area (Å²) in [5.74, 6) is 0. The molecule has 0 aromatic heterocycles. The molecule has 124 valence electrons. The monoisotopic (exact) mass is 296 g/mol. The Morgan fingerprint density at radius 1 is 0.667 bits per heavy atom. The van der Waals surface area contributed by atoms with Crippen molar-refractivity contribution in [1.29, 1.82) is 0 Å². The molecule has 2 aliphatic heterocycles. The zero-order chi connectivity index (χ0) is 15.7. The van der Waals surface area contributed by atoms with E-state index in [4.69, 9.17) is 0 Å². The maximum atomic E-state index is 2.64. The van der Waals surface area contributed by atoms with Crippen LogP contribution in [-0.4, -0.2) is 84.3 Å². The van der Waals surface area contributed by atoms with Gasteiger partial charge in [0.2, 0.25) is 0 Å². The average molecular weight is 297 g/mol. The van der Waals surface area contributed by atoms with Crippen LogP contribution in [0, 0.1) is 0 Å². The molecule has 0 N–H and O–H groups in total. The molecule has 0 radical (unpaired) electrons. The Morgan fingerprint density at radius 2 is 1.05 bits per heavy atom. The van der Waals surface area contributed by atoms with Gasteiger partial charge in [-0.3, -0.25) is 19.6 Å². The summed E-state index contributed by atoms with van der Waals surface area (Å²) in [6.45, 7) is 16.8. The third-order valence-corrected chi connectivity index (χ3v) is 5.62. The molecule has 0 bridgehead atoms. The zero-order valence-electron chi connectivity index (χ0n) is 15.2. The Labute approximate surface area is 132 Å². The first-order valence-electron chi connectivity index (χ1n) is 8.58. The van der Waals surface area contributed by atoms with Crippen LogP contribution in [0.15, 0.2) is 0 Å². The van der Waals surface area contributed by atoms with E-state index in [1.54, 1.807) is 0 Å². The van der Waals surface area contributed by atoms with Gasteiger partial charge in [0.15, 0.2) is 0 Å². The number of hydrogen-bond donors (Lipinski definition) is 0. The second-order valence-corrected chi connectivity index (χ2v) is 8.45. The Hall–Kier alpha value is -0.160. The molecule has 2 saturated heterocycles. The molecule has 0 spiro atoms. The standard InChI is InChI=1S/C17H36N4/c1-16(2,20-12-10-18(5)14-20)8-7-9-17(3,4)21-13-11-19(6)15-21/h7-15H2,1-6H3. The maximum absolute atomic E-state index is 2.64. The lowest BCUT2D eigenvalue weighted by atomic mass is 9.89. The molecule has 2 rings (SSSR count). The summed E-state index contributed by atoms with van der Waals surface area (Å²) in [4.78, 5) is 10.1. The van der Waals surface area contributed by atoms with Crippen molar-refractivity contribution in [3.8, 4) is 0 Å². The molecule has 0 atom stereocenters. The lowest BCUT2D eigenvalue weighted by Crippen LogP contribution is -2.45. The fourth-order valence-electron chi connectivity index (χ4n) is 3.71. The van der Waals surface area contributed by atoms with Crippen LogP contribution in [0.2, 0.25) is 0 Å². The molecule has 2 fully saturated rings. The van der Waals surface area contributed by atoms with Gasteiger partial charge in [0.1, 0.15) is 0 Å². The minimum absolute atomic E-state index is 0.336. The Kier molecular flexibility index (Phi) is 5.35. The van der Waals surface area contributed by atoms with Crippen molar-refractivity contribution in [2.45, 2.75) is 58.0 Å². The number of likely N-dealkylation sites (N-methyl/N-ethyl adjacent to an activating group) is 2. The van der Waals surface area contributed by atoms with Crippen LogP contribution in [0.25, 0.3) is 0 Å². The second kappa shape index (κ2) is 6.53. The molecule has 0 unspecified atom stereocenters. The van der Waals surface area contributed by atoms with Gasteiger partial charge in [-0.1, -0.05) is 0 Å². The fraction of sp³-hybridized carbons (Fsp3) is 1.00. The minimum Gasteiger partial charge on any atom is -0.292 e. The molecule has 2 heterocycles. The molecular formula is C17H36N4. The molecule has 0 aliphatic carbocycles. The van der Waals surface area contributed by atoms with Crippen LogP contribution in [0.4, 0.5) is 0 Å². The van der Waals surface area contributed by atoms with Crippen molar-refractivity contribution in [3.05, 3.63) is 0 Å². The lowest BCUT2D eigenvalue weighted by molar-refractivity contribution is 0.0948. The van der Waals surface area contributed by atoms with E-state index in [1.807, 2.05) is 0 Å². The number of rotatable bonds is 6. The van der Waals surface area contributed by atoms with Gasteiger partial charge in [-0.25, -0.2) is 0 Å². The molecule has 2 aliphatic rings. The molecule has 0 aromatic rings. The molecule has 4 nitrogen and oxygen atoms in total. The van der Waals surface area contributed by atoms with Gasteiger partial charge in [-0.05, 0) is 61.1 Å². The Morgan fingerprint density at radius 3 is 1.33 bits per heavy atom. The Balaban J connectivity index is 1.77. The van der Waals surface area contributed by atoms with Gasteiger partial charge in [0.25, 0.3) is 0 Å². The first kappa shape index (κ1) is 17.2. The molecule has 4 heteroatoms. The van der Waals surface area contributed by atoms with E-state index < -0.39 is 0 Å². The zero-order valence-corrected chi connectivity index (χ0v) is 15.2. The summed E-state index contributed by atoms with van der Waals surface area (Å²) < 4.78 is 0. The first-order chi connectivity index (χ1) is 9.71. The van der Waals surface area contributed by atoms with Crippen LogP contribution in [-0.2, 0) is 0 Å². The van der Waals surface area contributed by atoms with E-state index in [0.29, 0.717) is 11.1 Å². The predicted octanol–water partition coefficient (Wildman–Crippen LogP) is 2.12. The van der Waals surface area contributed by atoms with E-state index in [2.05, 4.69) is 61.4 Å². The van der Waals surface area contributed by atoms with E-state index in [9.17, 15) is 0 Å². The van der Waals surface area contributed by atoms with Crippen LogP contribution < -0.4 is 0 Å². The van der Waals surface area contributed by atoms with E-state index >= 15 is 0 Å². The minimum atomic E-state index is 0.336. The molecule has 0 saturated carbocycles. The normalized spacial score (nSPS) is 24.3. The average Bonchev–Trinajstić information content (AvgIpc) is 2.98. The molecule has 21 heavy (non-hydrogen) atoms. The van der Waals surface area contributed by atoms with Crippen LogP contribution >= 0.6 is 0 Å². The number of nitrogens with zero attached hydrogens (tertiary/aromatic N) is 4. The van der Waals surface area contributed by atoms with Crippen molar-refractivity contribution < 1.29 is 0 Å². The summed E-state index contributed by atoms with van der Waals surface area (Å²) in [5.41, 5.74) is 0.672. The summed E-state index contributed by atoms with van der Waals surface area (Å²) in [7, 11) is 4.45. The first-order valence-corrected chi connectivity index (χ1v) is 8.58. The predicted molar refractivity (Wildman–Crippen MR) is 90.4 cm³/mol. The van der Waals surface area contributed by atoms with Crippen molar-refractivity contribution in [1.82, 2.24) is 19.6 Å². The van der Waals surface area contributed by atoms with Crippen molar-refractivity contribution in [2.75, 3.05) is 53.6 Å². The van der Waals surface area contributed by atoms with Gasteiger partial charge < -0.3 is 0 Å².